The maximum atomic E-state index is 11.9. The lowest BCUT2D eigenvalue weighted by molar-refractivity contribution is 0.0952. The predicted molar refractivity (Wildman–Crippen MR) is 76.9 cm³/mol. The maximum Gasteiger partial charge on any atom is 0.252 e. The van der Waals surface area contributed by atoms with Gasteiger partial charge in [0.2, 0.25) is 0 Å². The SMILES string of the molecule is COCCCCCNC(=O)c1cc(C)ccc1Br. The van der Waals surface area contributed by atoms with Crippen molar-refractivity contribution in [1.82, 2.24) is 5.32 Å². The number of rotatable bonds is 7. The number of unbranched alkanes of at least 4 members (excludes halogenated alkanes) is 2. The molecule has 100 valence electrons. The summed E-state index contributed by atoms with van der Waals surface area (Å²) in [5, 5.41) is 2.93. The Hall–Kier alpha value is -0.870. The summed E-state index contributed by atoms with van der Waals surface area (Å²) in [6, 6.07) is 5.78. The third-order valence-electron chi connectivity index (χ3n) is 2.68. The molecule has 18 heavy (non-hydrogen) atoms. The molecule has 0 saturated carbocycles. The Kier molecular flexibility index (Phi) is 6.98. The molecule has 1 amide bonds. The largest absolute Gasteiger partial charge is 0.385 e. The summed E-state index contributed by atoms with van der Waals surface area (Å²) in [6.07, 6.45) is 3.10. The van der Waals surface area contributed by atoms with Gasteiger partial charge in [0.25, 0.3) is 5.91 Å². The van der Waals surface area contributed by atoms with Crippen molar-refractivity contribution in [2.24, 2.45) is 0 Å². The van der Waals surface area contributed by atoms with E-state index in [0.29, 0.717) is 12.1 Å². The van der Waals surface area contributed by atoms with Gasteiger partial charge in [-0.2, -0.15) is 0 Å². The molecule has 0 aliphatic rings. The Morgan fingerprint density at radius 1 is 1.33 bits per heavy atom. The zero-order chi connectivity index (χ0) is 13.4. The fourth-order valence-electron chi connectivity index (χ4n) is 1.66. The van der Waals surface area contributed by atoms with Crippen molar-refractivity contribution in [1.29, 1.82) is 0 Å². The number of carbonyl (C=O) groups is 1. The smallest absolute Gasteiger partial charge is 0.252 e. The fraction of sp³-hybridized carbons (Fsp3) is 0.500. The van der Waals surface area contributed by atoms with Crippen molar-refractivity contribution in [3.63, 3.8) is 0 Å². The van der Waals surface area contributed by atoms with Gasteiger partial charge in [0.1, 0.15) is 0 Å². The molecule has 0 atom stereocenters. The molecule has 0 aliphatic carbocycles. The molecule has 0 aromatic heterocycles. The van der Waals surface area contributed by atoms with Crippen LogP contribution in [0.15, 0.2) is 22.7 Å². The minimum atomic E-state index is -0.0164. The Bertz CT molecular complexity index is 393. The molecular weight excluding hydrogens is 294 g/mol. The summed E-state index contributed by atoms with van der Waals surface area (Å²) >= 11 is 3.40. The highest BCUT2D eigenvalue weighted by atomic mass is 79.9. The monoisotopic (exact) mass is 313 g/mol. The minimum absolute atomic E-state index is 0.0164. The second-order valence-corrected chi connectivity index (χ2v) is 5.15. The molecule has 1 N–H and O–H groups in total. The summed E-state index contributed by atoms with van der Waals surface area (Å²) in [5.41, 5.74) is 1.79. The van der Waals surface area contributed by atoms with Crippen LogP contribution in [0, 0.1) is 6.92 Å². The summed E-state index contributed by atoms with van der Waals surface area (Å²) in [6.45, 7) is 3.48. The lowest BCUT2D eigenvalue weighted by atomic mass is 10.1. The summed E-state index contributed by atoms with van der Waals surface area (Å²) in [7, 11) is 1.71. The first kappa shape index (κ1) is 15.2. The van der Waals surface area contributed by atoms with Crippen molar-refractivity contribution < 1.29 is 9.53 Å². The normalized spacial score (nSPS) is 10.4. The number of nitrogens with one attached hydrogen (secondary N) is 1. The standard InChI is InChI=1S/C14H20BrNO2/c1-11-6-7-13(15)12(10-11)14(17)16-8-4-3-5-9-18-2/h6-7,10H,3-5,8-9H2,1-2H3,(H,16,17). The van der Waals surface area contributed by atoms with E-state index in [1.807, 2.05) is 25.1 Å². The number of aryl methyl sites for hydroxylation is 1. The summed E-state index contributed by atoms with van der Waals surface area (Å²) < 4.78 is 5.81. The van der Waals surface area contributed by atoms with Gasteiger partial charge in [0.15, 0.2) is 0 Å². The van der Waals surface area contributed by atoms with E-state index in [2.05, 4.69) is 21.2 Å². The first-order valence-electron chi connectivity index (χ1n) is 6.18. The zero-order valence-electron chi connectivity index (χ0n) is 11.0. The molecular formula is C14H20BrNO2. The Morgan fingerprint density at radius 2 is 2.11 bits per heavy atom. The quantitative estimate of drug-likeness (QED) is 0.784. The van der Waals surface area contributed by atoms with E-state index in [4.69, 9.17) is 4.74 Å². The summed E-state index contributed by atoms with van der Waals surface area (Å²) in [5.74, 6) is -0.0164. The molecule has 0 bridgehead atoms. The van der Waals surface area contributed by atoms with Crippen LogP contribution in [0.2, 0.25) is 0 Å². The molecule has 1 rings (SSSR count). The van der Waals surface area contributed by atoms with Gasteiger partial charge in [-0.3, -0.25) is 4.79 Å². The van der Waals surface area contributed by atoms with Crippen LogP contribution < -0.4 is 5.32 Å². The van der Waals surface area contributed by atoms with Crippen LogP contribution in [-0.4, -0.2) is 26.2 Å². The van der Waals surface area contributed by atoms with E-state index < -0.39 is 0 Å². The van der Waals surface area contributed by atoms with Gasteiger partial charge in [-0.15, -0.1) is 0 Å². The number of methoxy groups -OCH3 is 1. The first-order chi connectivity index (χ1) is 8.65. The average molecular weight is 314 g/mol. The summed E-state index contributed by atoms with van der Waals surface area (Å²) in [4.78, 5) is 11.9. The van der Waals surface area contributed by atoms with Crippen LogP contribution >= 0.6 is 15.9 Å². The Morgan fingerprint density at radius 3 is 2.83 bits per heavy atom. The van der Waals surface area contributed by atoms with E-state index in [1.165, 1.54) is 0 Å². The van der Waals surface area contributed by atoms with Crippen molar-refractivity contribution in [2.75, 3.05) is 20.3 Å². The lowest BCUT2D eigenvalue weighted by Gasteiger charge is -2.07. The second-order valence-electron chi connectivity index (χ2n) is 4.29. The molecule has 4 heteroatoms. The average Bonchev–Trinajstić information content (AvgIpc) is 2.36. The minimum Gasteiger partial charge on any atom is -0.385 e. The Labute approximate surface area is 117 Å². The highest BCUT2D eigenvalue weighted by Crippen LogP contribution is 2.17. The molecule has 0 aliphatic heterocycles. The van der Waals surface area contributed by atoms with E-state index in [9.17, 15) is 4.79 Å². The van der Waals surface area contributed by atoms with Gasteiger partial charge < -0.3 is 10.1 Å². The fourth-order valence-corrected chi connectivity index (χ4v) is 2.09. The molecule has 3 nitrogen and oxygen atoms in total. The van der Waals surface area contributed by atoms with E-state index in [-0.39, 0.29) is 5.91 Å². The number of amides is 1. The predicted octanol–water partition coefficient (Wildman–Crippen LogP) is 3.30. The molecule has 0 heterocycles. The van der Waals surface area contributed by atoms with Gasteiger partial charge in [-0.05, 0) is 54.2 Å². The molecule has 1 aromatic carbocycles. The van der Waals surface area contributed by atoms with Crippen LogP contribution in [-0.2, 0) is 4.74 Å². The number of ether oxygens (including phenoxy) is 1. The van der Waals surface area contributed by atoms with Crippen LogP contribution in [0.25, 0.3) is 0 Å². The van der Waals surface area contributed by atoms with Gasteiger partial charge >= 0.3 is 0 Å². The number of hydrogen-bond acceptors (Lipinski definition) is 2. The van der Waals surface area contributed by atoms with Crippen molar-refractivity contribution >= 4 is 21.8 Å². The first-order valence-corrected chi connectivity index (χ1v) is 6.97. The molecule has 0 radical (unpaired) electrons. The van der Waals surface area contributed by atoms with E-state index in [1.54, 1.807) is 7.11 Å². The Balaban J connectivity index is 2.34. The number of halogens is 1. The van der Waals surface area contributed by atoms with Crippen LogP contribution in [0.4, 0.5) is 0 Å². The highest BCUT2D eigenvalue weighted by molar-refractivity contribution is 9.10. The maximum absolute atomic E-state index is 11.9. The molecule has 0 spiro atoms. The van der Waals surface area contributed by atoms with Crippen LogP contribution in [0.5, 0.6) is 0 Å². The van der Waals surface area contributed by atoms with Crippen molar-refractivity contribution in [2.45, 2.75) is 26.2 Å². The lowest BCUT2D eigenvalue weighted by Crippen LogP contribution is -2.24. The van der Waals surface area contributed by atoms with Crippen molar-refractivity contribution in [3.8, 4) is 0 Å². The van der Waals surface area contributed by atoms with E-state index in [0.717, 1.165) is 35.9 Å². The topological polar surface area (TPSA) is 38.3 Å². The van der Waals surface area contributed by atoms with Crippen LogP contribution in [0.1, 0.15) is 35.2 Å². The van der Waals surface area contributed by atoms with E-state index >= 15 is 0 Å². The van der Waals surface area contributed by atoms with Gasteiger partial charge in [0.05, 0.1) is 5.56 Å². The van der Waals surface area contributed by atoms with Crippen LogP contribution in [0.3, 0.4) is 0 Å². The number of carbonyl (C=O) groups excluding carboxylic acids is 1. The van der Waals surface area contributed by atoms with Crippen molar-refractivity contribution in [3.05, 3.63) is 33.8 Å². The van der Waals surface area contributed by atoms with Gasteiger partial charge in [0, 0.05) is 24.7 Å². The van der Waals surface area contributed by atoms with Gasteiger partial charge in [-0.1, -0.05) is 11.6 Å². The zero-order valence-corrected chi connectivity index (χ0v) is 12.5. The molecule has 0 saturated heterocycles. The highest BCUT2D eigenvalue weighted by Gasteiger charge is 2.09. The van der Waals surface area contributed by atoms with Gasteiger partial charge in [-0.25, -0.2) is 0 Å². The second kappa shape index (κ2) is 8.27. The third kappa shape index (κ3) is 5.19. The molecule has 0 unspecified atom stereocenters. The number of benzene rings is 1. The number of hydrogen-bond donors (Lipinski definition) is 1. The third-order valence-corrected chi connectivity index (χ3v) is 3.37. The molecule has 1 aromatic rings. The molecule has 0 fully saturated rings.